The predicted octanol–water partition coefficient (Wildman–Crippen LogP) is 3.41. The number of aryl methyl sites for hydroxylation is 1. The van der Waals surface area contributed by atoms with Gasteiger partial charge in [-0.15, -0.1) is 13.2 Å². The number of alkyl halides is 3. The number of benzene rings is 1. The molecule has 1 aromatic carbocycles. The van der Waals surface area contributed by atoms with Crippen LogP contribution in [0.15, 0.2) is 36.7 Å². The lowest BCUT2D eigenvalue weighted by Crippen LogP contribution is -2.17. The third-order valence-electron chi connectivity index (χ3n) is 2.66. The van der Waals surface area contributed by atoms with Crippen molar-refractivity contribution in [1.82, 2.24) is 9.55 Å². The zero-order valence-corrected chi connectivity index (χ0v) is 10.8. The minimum atomic E-state index is -4.68. The van der Waals surface area contributed by atoms with Crippen molar-refractivity contribution in [3.8, 4) is 5.75 Å². The van der Waals surface area contributed by atoms with Crippen molar-refractivity contribution in [2.24, 2.45) is 0 Å². The van der Waals surface area contributed by atoms with E-state index in [1.165, 1.54) is 18.2 Å². The Labute approximate surface area is 114 Å². The van der Waals surface area contributed by atoms with Gasteiger partial charge in [0.2, 0.25) is 0 Å². The molecule has 0 unspecified atom stereocenters. The van der Waals surface area contributed by atoms with E-state index in [-0.39, 0.29) is 5.75 Å². The average Bonchev–Trinajstić information content (AvgIpc) is 2.82. The Morgan fingerprint density at radius 3 is 2.85 bits per heavy atom. The minimum Gasteiger partial charge on any atom is -0.406 e. The summed E-state index contributed by atoms with van der Waals surface area (Å²) in [6.45, 7) is 3.20. The zero-order chi connectivity index (χ0) is 14.6. The molecule has 0 aliphatic rings. The maximum absolute atomic E-state index is 12.1. The van der Waals surface area contributed by atoms with Crippen molar-refractivity contribution in [2.75, 3.05) is 5.32 Å². The van der Waals surface area contributed by atoms with Gasteiger partial charge in [-0.05, 0) is 19.1 Å². The summed E-state index contributed by atoms with van der Waals surface area (Å²) in [6.07, 6.45) is -1.15. The molecule has 0 atom stereocenters. The Bertz CT molecular complexity index is 566. The number of halogens is 3. The van der Waals surface area contributed by atoms with Crippen molar-refractivity contribution in [1.29, 1.82) is 0 Å². The lowest BCUT2D eigenvalue weighted by molar-refractivity contribution is -0.274. The molecule has 0 aliphatic carbocycles. The number of ether oxygens (including phenoxy) is 1. The van der Waals surface area contributed by atoms with Crippen LogP contribution >= 0.6 is 0 Å². The molecule has 1 N–H and O–H groups in total. The molecule has 7 heteroatoms. The van der Waals surface area contributed by atoms with Crippen LogP contribution in [0.1, 0.15) is 12.7 Å². The van der Waals surface area contributed by atoms with Crippen LogP contribution in [0.25, 0.3) is 0 Å². The van der Waals surface area contributed by atoms with Crippen LogP contribution in [0.5, 0.6) is 5.75 Å². The van der Waals surface area contributed by atoms with Crippen LogP contribution in [0.4, 0.5) is 18.9 Å². The predicted molar refractivity (Wildman–Crippen MR) is 68.4 cm³/mol. The van der Waals surface area contributed by atoms with E-state index in [4.69, 9.17) is 0 Å². The Morgan fingerprint density at radius 2 is 2.15 bits per heavy atom. The summed E-state index contributed by atoms with van der Waals surface area (Å²) in [7, 11) is 0. The number of imidazole rings is 1. The Balaban J connectivity index is 2.01. The van der Waals surface area contributed by atoms with E-state index in [0.717, 1.165) is 12.4 Å². The molecule has 0 amide bonds. The standard InChI is InChI=1S/C13H14F3N3O/c1-2-19-7-6-17-12(19)9-18-10-4-3-5-11(8-10)20-13(14,15)16/h3-8,18H,2,9H2,1H3. The van der Waals surface area contributed by atoms with Gasteiger partial charge in [0.15, 0.2) is 0 Å². The molecule has 4 nitrogen and oxygen atoms in total. The highest BCUT2D eigenvalue weighted by atomic mass is 19.4. The van der Waals surface area contributed by atoms with E-state index in [1.54, 1.807) is 12.3 Å². The second kappa shape index (κ2) is 5.85. The highest BCUT2D eigenvalue weighted by Gasteiger charge is 2.31. The lowest BCUT2D eigenvalue weighted by Gasteiger charge is -2.11. The Morgan fingerprint density at radius 1 is 1.35 bits per heavy atom. The highest BCUT2D eigenvalue weighted by Crippen LogP contribution is 2.25. The molecule has 0 spiro atoms. The zero-order valence-electron chi connectivity index (χ0n) is 10.8. The second-order valence-electron chi connectivity index (χ2n) is 4.06. The molecule has 108 valence electrons. The van der Waals surface area contributed by atoms with Gasteiger partial charge in [0, 0.05) is 30.7 Å². The molecular formula is C13H14F3N3O. The fourth-order valence-electron chi connectivity index (χ4n) is 1.78. The van der Waals surface area contributed by atoms with Crippen molar-refractivity contribution in [2.45, 2.75) is 26.4 Å². The Kier molecular flexibility index (Phi) is 4.16. The molecule has 0 radical (unpaired) electrons. The molecular weight excluding hydrogens is 271 g/mol. The highest BCUT2D eigenvalue weighted by molar-refractivity contribution is 5.48. The minimum absolute atomic E-state index is 0.249. The maximum atomic E-state index is 12.1. The van der Waals surface area contributed by atoms with Gasteiger partial charge in [0.05, 0.1) is 6.54 Å². The molecule has 0 saturated heterocycles. The lowest BCUT2D eigenvalue weighted by atomic mass is 10.3. The molecule has 2 aromatic rings. The smallest absolute Gasteiger partial charge is 0.406 e. The maximum Gasteiger partial charge on any atom is 0.573 e. The third kappa shape index (κ3) is 3.91. The van der Waals surface area contributed by atoms with Crippen molar-refractivity contribution in [3.05, 3.63) is 42.5 Å². The van der Waals surface area contributed by atoms with E-state index in [2.05, 4.69) is 15.0 Å². The molecule has 0 aliphatic heterocycles. The first kappa shape index (κ1) is 14.2. The van der Waals surface area contributed by atoms with Gasteiger partial charge in [0.25, 0.3) is 0 Å². The molecule has 2 rings (SSSR count). The molecule has 1 heterocycles. The quantitative estimate of drug-likeness (QED) is 0.915. The van der Waals surface area contributed by atoms with Crippen LogP contribution in [0, 0.1) is 0 Å². The fourth-order valence-corrected chi connectivity index (χ4v) is 1.78. The van der Waals surface area contributed by atoms with E-state index >= 15 is 0 Å². The summed E-state index contributed by atoms with van der Waals surface area (Å²) in [5.74, 6) is 0.566. The normalized spacial score (nSPS) is 11.4. The summed E-state index contributed by atoms with van der Waals surface area (Å²) >= 11 is 0. The van der Waals surface area contributed by atoms with Crippen LogP contribution in [0.3, 0.4) is 0 Å². The van der Waals surface area contributed by atoms with Crippen LogP contribution in [-0.2, 0) is 13.1 Å². The fraction of sp³-hybridized carbons (Fsp3) is 0.308. The number of rotatable bonds is 5. The van der Waals surface area contributed by atoms with Gasteiger partial charge in [-0.2, -0.15) is 0 Å². The number of nitrogens with zero attached hydrogens (tertiary/aromatic N) is 2. The van der Waals surface area contributed by atoms with Crippen LogP contribution < -0.4 is 10.1 Å². The number of nitrogens with one attached hydrogen (secondary N) is 1. The van der Waals surface area contributed by atoms with E-state index in [0.29, 0.717) is 12.2 Å². The van der Waals surface area contributed by atoms with Gasteiger partial charge < -0.3 is 14.6 Å². The third-order valence-corrected chi connectivity index (χ3v) is 2.66. The van der Waals surface area contributed by atoms with Gasteiger partial charge in [-0.3, -0.25) is 0 Å². The van der Waals surface area contributed by atoms with Gasteiger partial charge in [0.1, 0.15) is 11.6 Å². The number of hydrogen-bond donors (Lipinski definition) is 1. The summed E-state index contributed by atoms with van der Waals surface area (Å²) in [5.41, 5.74) is 0.539. The Hall–Kier alpha value is -2.18. The van der Waals surface area contributed by atoms with Crippen molar-refractivity contribution >= 4 is 5.69 Å². The van der Waals surface area contributed by atoms with Crippen LogP contribution in [-0.4, -0.2) is 15.9 Å². The molecule has 0 saturated carbocycles. The number of aromatic nitrogens is 2. The topological polar surface area (TPSA) is 39.1 Å². The summed E-state index contributed by atoms with van der Waals surface area (Å²) < 4.78 is 42.2. The first-order valence-electron chi connectivity index (χ1n) is 6.07. The molecule has 0 bridgehead atoms. The van der Waals surface area contributed by atoms with Crippen LogP contribution in [0.2, 0.25) is 0 Å². The molecule has 0 fully saturated rings. The first-order chi connectivity index (χ1) is 9.48. The summed E-state index contributed by atoms with van der Waals surface area (Å²) in [6, 6.07) is 5.72. The molecule has 20 heavy (non-hydrogen) atoms. The second-order valence-corrected chi connectivity index (χ2v) is 4.06. The SMILES string of the molecule is CCn1ccnc1CNc1cccc(OC(F)(F)F)c1. The largest absolute Gasteiger partial charge is 0.573 e. The molecule has 1 aromatic heterocycles. The first-order valence-corrected chi connectivity index (χ1v) is 6.07. The van der Waals surface area contributed by atoms with E-state index in [1.807, 2.05) is 17.7 Å². The van der Waals surface area contributed by atoms with Crippen molar-refractivity contribution in [3.63, 3.8) is 0 Å². The summed E-state index contributed by atoms with van der Waals surface area (Å²) in [5, 5.41) is 3.02. The van der Waals surface area contributed by atoms with Gasteiger partial charge >= 0.3 is 6.36 Å². The monoisotopic (exact) mass is 285 g/mol. The van der Waals surface area contributed by atoms with E-state index < -0.39 is 6.36 Å². The van der Waals surface area contributed by atoms with Gasteiger partial charge in [-0.25, -0.2) is 4.98 Å². The summed E-state index contributed by atoms with van der Waals surface area (Å²) in [4.78, 5) is 4.17. The van der Waals surface area contributed by atoms with Gasteiger partial charge in [-0.1, -0.05) is 6.07 Å². The number of hydrogen-bond acceptors (Lipinski definition) is 3. The van der Waals surface area contributed by atoms with E-state index in [9.17, 15) is 13.2 Å². The van der Waals surface area contributed by atoms with Crippen molar-refractivity contribution < 1.29 is 17.9 Å². The number of anilines is 1. The average molecular weight is 285 g/mol.